The van der Waals surface area contributed by atoms with Crippen molar-refractivity contribution >= 4 is 35.4 Å². The molecule has 0 spiro atoms. The number of anilines is 1. The Morgan fingerprint density at radius 1 is 1.31 bits per heavy atom. The van der Waals surface area contributed by atoms with Gasteiger partial charge in [0.2, 0.25) is 5.91 Å². The molecule has 0 atom stereocenters. The van der Waals surface area contributed by atoms with Crippen molar-refractivity contribution in [3.63, 3.8) is 0 Å². The maximum atomic E-state index is 12.2. The van der Waals surface area contributed by atoms with Crippen LogP contribution in [-0.4, -0.2) is 38.7 Å². The van der Waals surface area contributed by atoms with Crippen LogP contribution in [0.1, 0.15) is 43.5 Å². The minimum atomic E-state index is -0.0783. The highest BCUT2D eigenvalue weighted by molar-refractivity contribution is 7.71. The Morgan fingerprint density at radius 3 is 2.62 bits per heavy atom. The summed E-state index contributed by atoms with van der Waals surface area (Å²) in [6, 6.07) is 7.62. The molecule has 1 N–H and O–H groups in total. The van der Waals surface area contributed by atoms with Crippen molar-refractivity contribution < 1.29 is 4.79 Å². The van der Waals surface area contributed by atoms with Gasteiger partial charge in [0.25, 0.3) is 0 Å². The number of hydrogen-bond acceptors (Lipinski definition) is 4. The average molecular weight is 392 g/mol. The van der Waals surface area contributed by atoms with E-state index in [9.17, 15) is 4.79 Å². The predicted molar refractivity (Wildman–Crippen MR) is 104 cm³/mol. The molecular formula is C18H22ClN5OS. The van der Waals surface area contributed by atoms with Gasteiger partial charge in [0.15, 0.2) is 4.77 Å². The fourth-order valence-electron chi connectivity index (χ4n) is 3.08. The minimum Gasteiger partial charge on any atom is -0.325 e. The summed E-state index contributed by atoms with van der Waals surface area (Å²) in [6.07, 6.45) is 4.80. The highest BCUT2D eigenvalue weighted by atomic mass is 35.5. The van der Waals surface area contributed by atoms with Crippen LogP contribution in [0, 0.1) is 4.77 Å². The van der Waals surface area contributed by atoms with Crippen LogP contribution < -0.4 is 5.32 Å². The number of carbonyl (C=O) groups is 1. The molecule has 2 aliphatic carbocycles. The second kappa shape index (κ2) is 7.13. The number of carbonyl (C=O) groups excluding carboxylic acids is 1. The summed E-state index contributed by atoms with van der Waals surface area (Å²) in [4.78, 5) is 14.2. The van der Waals surface area contributed by atoms with Crippen LogP contribution in [0.4, 0.5) is 5.69 Å². The fraction of sp³-hybridized carbons (Fsp3) is 0.500. The lowest BCUT2D eigenvalue weighted by Crippen LogP contribution is -2.32. The van der Waals surface area contributed by atoms with Gasteiger partial charge >= 0.3 is 0 Å². The third kappa shape index (κ3) is 4.00. The summed E-state index contributed by atoms with van der Waals surface area (Å²) in [5, 5.41) is 8.28. The Labute approximate surface area is 162 Å². The predicted octanol–water partition coefficient (Wildman–Crippen LogP) is 3.81. The van der Waals surface area contributed by atoms with Gasteiger partial charge in [-0.15, -0.1) is 0 Å². The topological polar surface area (TPSA) is 55.1 Å². The molecule has 2 fully saturated rings. The first-order valence-electron chi connectivity index (χ1n) is 8.94. The third-order valence-electron chi connectivity index (χ3n) is 4.67. The molecule has 6 nitrogen and oxygen atoms in total. The monoisotopic (exact) mass is 391 g/mol. The molecule has 0 unspecified atom stereocenters. The summed E-state index contributed by atoms with van der Waals surface area (Å²) in [5.41, 5.74) is 0.735. The molecule has 0 radical (unpaired) electrons. The first-order valence-corrected chi connectivity index (χ1v) is 9.73. The highest BCUT2D eigenvalue weighted by Crippen LogP contribution is 2.44. The number of benzene rings is 1. The van der Waals surface area contributed by atoms with Crippen LogP contribution in [0.2, 0.25) is 5.02 Å². The summed E-state index contributed by atoms with van der Waals surface area (Å²) in [7, 11) is 1.90. The number of rotatable bonds is 7. The molecular weight excluding hydrogens is 370 g/mol. The standard InChI is InChI=1S/C18H22ClN5OS/c1-22(10-16(25)20-14-6-4-13(19)5-7-14)11-23-18(26)24(15-8-9-15)17(21-23)12-2-3-12/h4-7,12,15H,2-3,8-11H2,1H3,(H,20,25). The zero-order chi connectivity index (χ0) is 18.3. The largest absolute Gasteiger partial charge is 0.325 e. The maximum absolute atomic E-state index is 12.2. The van der Waals surface area contributed by atoms with Gasteiger partial charge in [0.1, 0.15) is 5.82 Å². The van der Waals surface area contributed by atoms with Gasteiger partial charge in [-0.25, -0.2) is 4.68 Å². The van der Waals surface area contributed by atoms with Crippen molar-refractivity contribution in [2.45, 2.75) is 44.3 Å². The van der Waals surface area contributed by atoms with Crippen LogP contribution in [0.5, 0.6) is 0 Å². The lowest BCUT2D eigenvalue weighted by molar-refractivity contribution is -0.117. The Kier molecular flexibility index (Phi) is 4.86. The SMILES string of the molecule is CN(CC(=O)Nc1ccc(Cl)cc1)Cn1nc(C2CC2)n(C2CC2)c1=S. The normalized spacial score (nSPS) is 16.9. The molecule has 2 saturated carbocycles. The first-order chi connectivity index (χ1) is 12.5. The average Bonchev–Trinajstić information content (AvgIpc) is 3.49. The molecule has 0 bridgehead atoms. The maximum Gasteiger partial charge on any atom is 0.238 e. The van der Waals surface area contributed by atoms with E-state index in [1.54, 1.807) is 24.3 Å². The van der Waals surface area contributed by atoms with Crippen molar-refractivity contribution in [2.24, 2.45) is 0 Å². The quantitative estimate of drug-likeness (QED) is 0.729. The molecule has 1 heterocycles. The Bertz CT molecular complexity index is 867. The smallest absolute Gasteiger partial charge is 0.238 e. The molecule has 138 valence electrons. The first kappa shape index (κ1) is 17.7. The van der Waals surface area contributed by atoms with Crippen LogP contribution in [0.15, 0.2) is 24.3 Å². The van der Waals surface area contributed by atoms with Crippen LogP contribution >= 0.6 is 23.8 Å². The van der Waals surface area contributed by atoms with E-state index in [1.807, 2.05) is 16.6 Å². The highest BCUT2D eigenvalue weighted by Gasteiger charge is 2.35. The number of nitrogens with one attached hydrogen (secondary N) is 1. The van der Waals surface area contributed by atoms with Crippen molar-refractivity contribution in [3.05, 3.63) is 39.9 Å². The van der Waals surface area contributed by atoms with Gasteiger partial charge in [-0.2, -0.15) is 5.10 Å². The number of likely N-dealkylation sites (N-methyl/N-ethyl adjacent to an activating group) is 1. The number of nitrogens with zero attached hydrogens (tertiary/aromatic N) is 4. The zero-order valence-electron chi connectivity index (χ0n) is 14.7. The second-order valence-electron chi connectivity index (χ2n) is 7.23. The van der Waals surface area contributed by atoms with Gasteiger partial charge in [-0.1, -0.05) is 11.6 Å². The summed E-state index contributed by atoms with van der Waals surface area (Å²) in [6.45, 7) is 0.770. The van der Waals surface area contributed by atoms with E-state index in [0.717, 1.165) is 16.3 Å². The summed E-state index contributed by atoms with van der Waals surface area (Å²) < 4.78 is 4.88. The molecule has 1 amide bonds. The van der Waals surface area contributed by atoms with Crippen LogP contribution in [-0.2, 0) is 11.5 Å². The molecule has 0 aliphatic heterocycles. The molecule has 4 rings (SSSR count). The van der Waals surface area contributed by atoms with Crippen molar-refractivity contribution in [3.8, 4) is 0 Å². The molecule has 26 heavy (non-hydrogen) atoms. The van der Waals surface area contributed by atoms with E-state index < -0.39 is 0 Å². The molecule has 2 aromatic rings. The van der Waals surface area contributed by atoms with E-state index >= 15 is 0 Å². The van der Waals surface area contributed by atoms with Crippen molar-refractivity contribution in [2.75, 3.05) is 18.9 Å². The van der Waals surface area contributed by atoms with E-state index in [-0.39, 0.29) is 12.5 Å². The number of hydrogen-bond donors (Lipinski definition) is 1. The number of halogens is 1. The fourth-order valence-corrected chi connectivity index (χ4v) is 3.55. The van der Waals surface area contributed by atoms with Gasteiger partial charge in [0, 0.05) is 22.7 Å². The Morgan fingerprint density at radius 2 is 2.00 bits per heavy atom. The van der Waals surface area contributed by atoms with Gasteiger partial charge in [-0.05, 0) is 69.2 Å². The molecule has 0 saturated heterocycles. The lowest BCUT2D eigenvalue weighted by Gasteiger charge is -2.16. The molecule has 1 aromatic heterocycles. The van der Waals surface area contributed by atoms with E-state index in [2.05, 4.69) is 9.88 Å². The Balaban J connectivity index is 1.39. The third-order valence-corrected chi connectivity index (χ3v) is 5.33. The number of aromatic nitrogens is 3. The van der Waals surface area contributed by atoms with E-state index in [4.69, 9.17) is 28.9 Å². The van der Waals surface area contributed by atoms with Gasteiger partial charge < -0.3 is 9.88 Å². The molecule has 8 heteroatoms. The second-order valence-corrected chi connectivity index (χ2v) is 8.03. The van der Waals surface area contributed by atoms with Gasteiger partial charge in [-0.3, -0.25) is 9.69 Å². The summed E-state index contributed by atoms with van der Waals surface area (Å²) >= 11 is 11.5. The zero-order valence-corrected chi connectivity index (χ0v) is 16.3. The Hall–Kier alpha value is -1.70. The molecule has 2 aliphatic rings. The molecule has 1 aromatic carbocycles. The van der Waals surface area contributed by atoms with E-state index in [0.29, 0.717) is 23.7 Å². The van der Waals surface area contributed by atoms with Crippen molar-refractivity contribution in [1.29, 1.82) is 0 Å². The van der Waals surface area contributed by atoms with Crippen molar-refractivity contribution in [1.82, 2.24) is 19.2 Å². The van der Waals surface area contributed by atoms with Crippen LogP contribution in [0.25, 0.3) is 0 Å². The number of amides is 1. The van der Waals surface area contributed by atoms with Gasteiger partial charge in [0.05, 0.1) is 13.2 Å². The minimum absolute atomic E-state index is 0.0783. The van der Waals surface area contributed by atoms with E-state index in [1.165, 1.54) is 25.7 Å². The summed E-state index contributed by atoms with van der Waals surface area (Å²) in [5.74, 6) is 1.62. The lowest BCUT2D eigenvalue weighted by atomic mass is 10.3. The van der Waals surface area contributed by atoms with Crippen LogP contribution in [0.3, 0.4) is 0 Å².